The minimum absolute atomic E-state index is 0.259. The number of thioether (sulfide) groups is 1. The van der Waals surface area contributed by atoms with Crippen LogP contribution < -0.4 is 10.5 Å². The van der Waals surface area contributed by atoms with Crippen molar-refractivity contribution in [2.75, 3.05) is 12.8 Å². The highest BCUT2D eigenvalue weighted by atomic mass is 32.2. The number of methoxy groups -OCH3 is 1. The summed E-state index contributed by atoms with van der Waals surface area (Å²) in [5.41, 5.74) is 6.13. The van der Waals surface area contributed by atoms with E-state index in [1.165, 1.54) is 24.9 Å². The van der Waals surface area contributed by atoms with Crippen LogP contribution in [0.1, 0.15) is 5.56 Å². The molecule has 0 unspecified atom stereocenters. The molecular formula is C13H13FN2OS. The Morgan fingerprint density at radius 3 is 2.78 bits per heavy atom. The Hall–Kier alpha value is -1.75. The normalized spacial score (nSPS) is 10.3. The number of ether oxygens (including phenoxy) is 1. The fraction of sp³-hybridized carbons (Fsp3) is 0.154. The van der Waals surface area contributed by atoms with Crippen molar-refractivity contribution < 1.29 is 9.13 Å². The first-order valence-corrected chi connectivity index (χ1v) is 6.34. The van der Waals surface area contributed by atoms with E-state index < -0.39 is 0 Å². The summed E-state index contributed by atoms with van der Waals surface area (Å²) in [7, 11) is 1.52. The molecule has 0 radical (unpaired) electrons. The van der Waals surface area contributed by atoms with Gasteiger partial charge < -0.3 is 10.5 Å². The number of nitrogens with zero attached hydrogens (tertiary/aromatic N) is 1. The van der Waals surface area contributed by atoms with E-state index in [4.69, 9.17) is 10.5 Å². The summed E-state index contributed by atoms with van der Waals surface area (Å²) in [5.74, 6) is 1.29. The van der Waals surface area contributed by atoms with Crippen LogP contribution in [-0.4, -0.2) is 12.1 Å². The largest absolute Gasteiger partial charge is 0.497 e. The van der Waals surface area contributed by atoms with Crippen LogP contribution in [0.25, 0.3) is 0 Å². The lowest BCUT2D eigenvalue weighted by Gasteiger charge is -2.05. The van der Waals surface area contributed by atoms with Crippen LogP contribution in [0.3, 0.4) is 0 Å². The van der Waals surface area contributed by atoms with Gasteiger partial charge in [0.1, 0.15) is 17.4 Å². The molecule has 0 aliphatic carbocycles. The van der Waals surface area contributed by atoms with E-state index in [0.29, 0.717) is 22.9 Å². The van der Waals surface area contributed by atoms with Crippen molar-refractivity contribution in [3.8, 4) is 5.75 Å². The second kappa shape index (κ2) is 5.73. The maximum Gasteiger partial charge on any atom is 0.130 e. The highest BCUT2D eigenvalue weighted by Crippen LogP contribution is 2.25. The van der Waals surface area contributed by atoms with Gasteiger partial charge >= 0.3 is 0 Å². The number of anilines is 1. The maximum atomic E-state index is 13.7. The molecule has 5 heteroatoms. The number of benzene rings is 1. The van der Waals surface area contributed by atoms with Crippen molar-refractivity contribution in [2.45, 2.75) is 10.6 Å². The van der Waals surface area contributed by atoms with E-state index in [1.807, 2.05) is 6.07 Å². The molecule has 3 nitrogen and oxygen atoms in total. The van der Waals surface area contributed by atoms with Crippen molar-refractivity contribution in [1.82, 2.24) is 4.98 Å². The minimum atomic E-state index is -0.259. The van der Waals surface area contributed by atoms with Crippen molar-refractivity contribution >= 4 is 17.6 Å². The molecule has 0 amide bonds. The number of aromatic nitrogens is 1. The lowest BCUT2D eigenvalue weighted by atomic mass is 10.2. The zero-order valence-electron chi connectivity index (χ0n) is 9.89. The van der Waals surface area contributed by atoms with Gasteiger partial charge in [-0.05, 0) is 23.8 Å². The molecule has 0 spiro atoms. The van der Waals surface area contributed by atoms with Crippen molar-refractivity contribution in [3.63, 3.8) is 0 Å². The summed E-state index contributed by atoms with van der Waals surface area (Å²) in [6, 6.07) is 8.46. The summed E-state index contributed by atoms with van der Waals surface area (Å²) < 4.78 is 18.6. The Kier molecular flexibility index (Phi) is 4.04. The van der Waals surface area contributed by atoms with Gasteiger partial charge in [-0.1, -0.05) is 6.07 Å². The fourth-order valence-corrected chi connectivity index (χ4v) is 2.26. The van der Waals surface area contributed by atoms with Gasteiger partial charge in [0, 0.05) is 22.9 Å². The maximum absolute atomic E-state index is 13.7. The van der Waals surface area contributed by atoms with Crippen LogP contribution in [0.5, 0.6) is 5.75 Å². The molecule has 0 bridgehead atoms. The molecule has 1 heterocycles. The Balaban J connectivity index is 2.04. The average Bonchev–Trinajstić information content (AvgIpc) is 2.39. The van der Waals surface area contributed by atoms with E-state index >= 15 is 0 Å². The quantitative estimate of drug-likeness (QED) is 0.862. The molecule has 2 N–H and O–H groups in total. The van der Waals surface area contributed by atoms with E-state index in [2.05, 4.69) is 4.98 Å². The van der Waals surface area contributed by atoms with Gasteiger partial charge in [-0.3, -0.25) is 0 Å². The average molecular weight is 264 g/mol. The van der Waals surface area contributed by atoms with Crippen LogP contribution in [0.4, 0.5) is 10.2 Å². The first-order chi connectivity index (χ1) is 8.69. The summed E-state index contributed by atoms with van der Waals surface area (Å²) in [5, 5.41) is 0. The Bertz CT molecular complexity index is 531. The predicted molar refractivity (Wildman–Crippen MR) is 71.2 cm³/mol. The smallest absolute Gasteiger partial charge is 0.130 e. The third kappa shape index (κ3) is 3.13. The number of halogens is 1. The van der Waals surface area contributed by atoms with Crippen molar-refractivity contribution in [2.24, 2.45) is 0 Å². The van der Waals surface area contributed by atoms with Crippen LogP contribution in [0.15, 0.2) is 41.4 Å². The van der Waals surface area contributed by atoms with E-state index in [9.17, 15) is 4.39 Å². The van der Waals surface area contributed by atoms with Crippen LogP contribution in [0, 0.1) is 5.82 Å². The SMILES string of the molecule is COc1ccc(CSc2ccc(N)nc2)c(F)c1. The number of hydrogen-bond acceptors (Lipinski definition) is 4. The van der Waals surface area contributed by atoms with E-state index in [0.717, 1.165) is 4.90 Å². The second-order valence-electron chi connectivity index (χ2n) is 3.66. The van der Waals surface area contributed by atoms with Gasteiger partial charge in [-0.15, -0.1) is 11.8 Å². The molecule has 2 aromatic rings. The Morgan fingerprint density at radius 2 is 2.17 bits per heavy atom. The third-order valence-electron chi connectivity index (χ3n) is 2.41. The minimum Gasteiger partial charge on any atom is -0.497 e. The third-order valence-corrected chi connectivity index (χ3v) is 3.44. The Labute approximate surface area is 109 Å². The first-order valence-electron chi connectivity index (χ1n) is 5.36. The molecule has 0 aliphatic rings. The lowest BCUT2D eigenvalue weighted by molar-refractivity contribution is 0.411. The van der Waals surface area contributed by atoms with Crippen LogP contribution in [-0.2, 0) is 5.75 Å². The van der Waals surface area contributed by atoms with Gasteiger partial charge in [-0.25, -0.2) is 9.37 Å². The van der Waals surface area contributed by atoms with Crippen LogP contribution >= 0.6 is 11.8 Å². The summed E-state index contributed by atoms with van der Waals surface area (Å²) in [4.78, 5) is 4.94. The van der Waals surface area contributed by atoms with E-state index in [-0.39, 0.29) is 5.82 Å². The summed E-state index contributed by atoms with van der Waals surface area (Å²) in [6.45, 7) is 0. The van der Waals surface area contributed by atoms with Crippen molar-refractivity contribution in [3.05, 3.63) is 47.9 Å². The topological polar surface area (TPSA) is 48.1 Å². The number of nitrogen functional groups attached to an aromatic ring is 1. The molecule has 94 valence electrons. The van der Waals surface area contributed by atoms with Crippen LogP contribution in [0.2, 0.25) is 0 Å². The standard InChI is InChI=1S/C13H13FN2OS/c1-17-10-3-2-9(12(14)6-10)8-18-11-4-5-13(15)16-7-11/h2-7H,8H2,1H3,(H2,15,16). The predicted octanol–water partition coefficient (Wildman–Crippen LogP) is 3.10. The van der Waals surface area contributed by atoms with Gasteiger partial charge in [0.15, 0.2) is 0 Å². The van der Waals surface area contributed by atoms with Gasteiger partial charge in [0.25, 0.3) is 0 Å². The zero-order chi connectivity index (χ0) is 13.0. The van der Waals surface area contributed by atoms with Crippen molar-refractivity contribution in [1.29, 1.82) is 0 Å². The molecule has 1 aromatic carbocycles. The van der Waals surface area contributed by atoms with E-state index in [1.54, 1.807) is 24.4 Å². The molecule has 18 heavy (non-hydrogen) atoms. The summed E-state index contributed by atoms with van der Waals surface area (Å²) >= 11 is 1.51. The highest BCUT2D eigenvalue weighted by molar-refractivity contribution is 7.98. The molecule has 0 atom stereocenters. The fourth-order valence-electron chi connectivity index (χ4n) is 1.41. The molecule has 0 aliphatic heterocycles. The lowest BCUT2D eigenvalue weighted by Crippen LogP contribution is -1.91. The second-order valence-corrected chi connectivity index (χ2v) is 4.71. The molecule has 1 aromatic heterocycles. The zero-order valence-corrected chi connectivity index (χ0v) is 10.7. The van der Waals surface area contributed by atoms with Gasteiger partial charge in [-0.2, -0.15) is 0 Å². The monoisotopic (exact) mass is 264 g/mol. The molecule has 0 saturated heterocycles. The molecule has 2 rings (SSSR count). The molecule has 0 saturated carbocycles. The summed E-state index contributed by atoms with van der Waals surface area (Å²) in [6.07, 6.45) is 1.68. The van der Waals surface area contributed by atoms with Gasteiger partial charge in [0.05, 0.1) is 7.11 Å². The first kappa shape index (κ1) is 12.7. The number of nitrogens with two attached hydrogens (primary N) is 1. The number of pyridine rings is 1. The number of rotatable bonds is 4. The highest BCUT2D eigenvalue weighted by Gasteiger charge is 2.05. The number of hydrogen-bond donors (Lipinski definition) is 1. The Morgan fingerprint density at radius 1 is 1.33 bits per heavy atom. The van der Waals surface area contributed by atoms with Gasteiger partial charge in [0.2, 0.25) is 0 Å². The molecule has 0 fully saturated rings. The molecular weight excluding hydrogens is 251 g/mol.